The number of amides is 1. The van der Waals surface area contributed by atoms with E-state index in [0.717, 1.165) is 37.2 Å². The predicted molar refractivity (Wildman–Crippen MR) is 84.1 cm³/mol. The van der Waals surface area contributed by atoms with E-state index in [4.69, 9.17) is 4.74 Å². The van der Waals surface area contributed by atoms with Gasteiger partial charge in [0.15, 0.2) is 0 Å². The number of hydrogen-bond acceptors (Lipinski definition) is 3. The van der Waals surface area contributed by atoms with Gasteiger partial charge in [-0.3, -0.25) is 4.79 Å². The fourth-order valence-electron chi connectivity index (χ4n) is 2.83. The summed E-state index contributed by atoms with van der Waals surface area (Å²) >= 11 is 0. The van der Waals surface area contributed by atoms with Crippen LogP contribution in [0.15, 0.2) is 24.3 Å². The standard InChI is InChI=1S/C17H26N2O2/c1-21-13-16-5-2-4-15(10-16)11-17(20)19-9-7-14-6-3-8-18-12-14/h2,4-5,10,14,18H,3,6-9,11-13H2,1H3,(H,19,20). The van der Waals surface area contributed by atoms with Crippen molar-refractivity contribution >= 4 is 5.91 Å². The highest BCUT2D eigenvalue weighted by molar-refractivity contribution is 5.78. The Morgan fingerprint density at radius 3 is 3.05 bits per heavy atom. The van der Waals surface area contributed by atoms with Crippen LogP contribution in [0.2, 0.25) is 0 Å². The maximum absolute atomic E-state index is 12.0. The molecule has 2 N–H and O–H groups in total. The molecule has 21 heavy (non-hydrogen) atoms. The van der Waals surface area contributed by atoms with Crippen LogP contribution in [0.25, 0.3) is 0 Å². The highest BCUT2D eigenvalue weighted by atomic mass is 16.5. The van der Waals surface area contributed by atoms with E-state index >= 15 is 0 Å². The summed E-state index contributed by atoms with van der Waals surface area (Å²) in [7, 11) is 1.68. The fraction of sp³-hybridized carbons (Fsp3) is 0.588. The minimum Gasteiger partial charge on any atom is -0.380 e. The first-order valence-corrected chi connectivity index (χ1v) is 7.82. The lowest BCUT2D eigenvalue weighted by Gasteiger charge is -2.22. The van der Waals surface area contributed by atoms with Crippen molar-refractivity contribution in [2.45, 2.75) is 32.3 Å². The average Bonchev–Trinajstić information content (AvgIpc) is 2.49. The number of piperidine rings is 1. The molecule has 116 valence electrons. The fourth-order valence-corrected chi connectivity index (χ4v) is 2.83. The van der Waals surface area contributed by atoms with Crippen LogP contribution in [0.5, 0.6) is 0 Å². The van der Waals surface area contributed by atoms with Crippen LogP contribution in [0, 0.1) is 5.92 Å². The van der Waals surface area contributed by atoms with Crippen LogP contribution in [0.4, 0.5) is 0 Å². The van der Waals surface area contributed by atoms with Crippen LogP contribution in [0.1, 0.15) is 30.4 Å². The Labute approximate surface area is 127 Å². The van der Waals surface area contributed by atoms with E-state index in [1.54, 1.807) is 7.11 Å². The molecule has 0 aliphatic carbocycles. The molecule has 1 aliphatic heterocycles. The molecule has 1 amide bonds. The maximum atomic E-state index is 12.0. The quantitative estimate of drug-likeness (QED) is 0.806. The number of hydrogen-bond donors (Lipinski definition) is 2. The highest BCUT2D eigenvalue weighted by Crippen LogP contribution is 2.13. The van der Waals surface area contributed by atoms with Crippen molar-refractivity contribution < 1.29 is 9.53 Å². The molecule has 0 radical (unpaired) electrons. The zero-order chi connectivity index (χ0) is 14.9. The Morgan fingerprint density at radius 2 is 2.29 bits per heavy atom. The van der Waals surface area contributed by atoms with Gasteiger partial charge in [-0.1, -0.05) is 24.3 Å². The van der Waals surface area contributed by atoms with E-state index < -0.39 is 0 Å². The summed E-state index contributed by atoms with van der Waals surface area (Å²) in [5, 5.41) is 6.44. The van der Waals surface area contributed by atoms with Gasteiger partial charge >= 0.3 is 0 Å². The molecule has 0 aromatic heterocycles. The van der Waals surface area contributed by atoms with Crippen molar-refractivity contribution in [1.29, 1.82) is 0 Å². The molecule has 0 saturated carbocycles. The molecule has 2 rings (SSSR count). The number of carbonyl (C=O) groups excluding carboxylic acids is 1. The van der Waals surface area contributed by atoms with Gasteiger partial charge in [0.2, 0.25) is 5.91 Å². The van der Waals surface area contributed by atoms with E-state index in [1.807, 2.05) is 24.3 Å². The second kappa shape index (κ2) is 8.80. The SMILES string of the molecule is COCc1cccc(CC(=O)NCCC2CCCNC2)c1. The summed E-state index contributed by atoms with van der Waals surface area (Å²) < 4.78 is 5.11. The third-order valence-electron chi connectivity index (χ3n) is 3.94. The number of benzene rings is 1. The molecule has 1 aliphatic rings. The van der Waals surface area contributed by atoms with Crippen LogP contribution in [-0.4, -0.2) is 32.7 Å². The van der Waals surface area contributed by atoms with Gasteiger partial charge in [-0.25, -0.2) is 0 Å². The second-order valence-electron chi connectivity index (χ2n) is 5.78. The minimum absolute atomic E-state index is 0.105. The van der Waals surface area contributed by atoms with Gasteiger partial charge in [0.05, 0.1) is 13.0 Å². The molecule has 1 fully saturated rings. The lowest BCUT2D eigenvalue weighted by molar-refractivity contribution is -0.120. The molecule has 1 unspecified atom stereocenters. The van der Waals surface area contributed by atoms with Crippen molar-refractivity contribution in [1.82, 2.24) is 10.6 Å². The number of methoxy groups -OCH3 is 1. The number of nitrogens with one attached hydrogen (secondary N) is 2. The molecule has 1 heterocycles. The molecule has 0 bridgehead atoms. The molecule has 4 nitrogen and oxygen atoms in total. The number of carbonyl (C=O) groups is 1. The normalized spacial score (nSPS) is 18.4. The van der Waals surface area contributed by atoms with Gasteiger partial charge in [-0.2, -0.15) is 0 Å². The first-order chi connectivity index (χ1) is 10.3. The molecule has 1 aromatic rings. The third-order valence-corrected chi connectivity index (χ3v) is 3.94. The van der Waals surface area contributed by atoms with E-state index in [0.29, 0.717) is 18.9 Å². The molecular formula is C17H26N2O2. The molecule has 1 aromatic carbocycles. The van der Waals surface area contributed by atoms with Gasteiger partial charge in [-0.15, -0.1) is 0 Å². The summed E-state index contributed by atoms with van der Waals surface area (Å²) in [6, 6.07) is 8.02. The first kappa shape index (κ1) is 16.0. The van der Waals surface area contributed by atoms with Crippen molar-refractivity contribution in [2.75, 3.05) is 26.7 Å². The van der Waals surface area contributed by atoms with Crippen molar-refractivity contribution in [2.24, 2.45) is 5.92 Å². The van der Waals surface area contributed by atoms with Crippen LogP contribution >= 0.6 is 0 Å². The summed E-state index contributed by atoms with van der Waals surface area (Å²) in [5.41, 5.74) is 2.15. The lowest BCUT2D eigenvalue weighted by atomic mass is 9.96. The van der Waals surface area contributed by atoms with Crippen LogP contribution in [-0.2, 0) is 22.6 Å². The summed E-state index contributed by atoms with van der Waals surface area (Å²) in [4.78, 5) is 12.0. The minimum atomic E-state index is 0.105. The largest absolute Gasteiger partial charge is 0.380 e. The van der Waals surface area contributed by atoms with E-state index in [2.05, 4.69) is 10.6 Å². The van der Waals surface area contributed by atoms with Crippen molar-refractivity contribution in [3.63, 3.8) is 0 Å². The van der Waals surface area contributed by atoms with Crippen molar-refractivity contribution in [3.05, 3.63) is 35.4 Å². The Morgan fingerprint density at radius 1 is 1.43 bits per heavy atom. The zero-order valence-electron chi connectivity index (χ0n) is 12.9. The summed E-state index contributed by atoms with van der Waals surface area (Å²) in [6.07, 6.45) is 4.05. The van der Waals surface area contributed by atoms with Crippen LogP contribution in [0.3, 0.4) is 0 Å². The van der Waals surface area contributed by atoms with E-state index in [1.165, 1.54) is 12.8 Å². The predicted octanol–water partition coefficient (Wildman–Crippen LogP) is 1.88. The third kappa shape index (κ3) is 5.86. The Balaban J connectivity index is 1.70. The molecule has 0 spiro atoms. The molecule has 1 saturated heterocycles. The van der Waals surface area contributed by atoms with E-state index in [9.17, 15) is 4.79 Å². The summed E-state index contributed by atoms with van der Waals surface area (Å²) in [6.45, 7) is 3.60. The van der Waals surface area contributed by atoms with Crippen molar-refractivity contribution in [3.8, 4) is 0 Å². The lowest BCUT2D eigenvalue weighted by Crippen LogP contribution is -2.33. The van der Waals surface area contributed by atoms with Gasteiger partial charge in [-0.05, 0) is 49.4 Å². The molecular weight excluding hydrogens is 264 g/mol. The Bertz CT molecular complexity index is 442. The smallest absolute Gasteiger partial charge is 0.224 e. The Hall–Kier alpha value is -1.39. The maximum Gasteiger partial charge on any atom is 0.224 e. The zero-order valence-corrected chi connectivity index (χ0v) is 12.9. The average molecular weight is 290 g/mol. The Kier molecular flexibility index (Phi) is 6.70. The summed E-state index contributed by atoms with van der Waals surface area (Å²) in [5.74, 6) is 0.817. The molecule has 1 atom stereocenters. The topological polar surface area (TPSA) is 50.4 Å². The molecule has 4 heteroatoms. The number of ether oxygens (including phenoxy) is 1. The first-order valence-electron chi connectivity index (χ1n) is 7.82. The van der Waals surface area contributed by atoms with E-state index in [-0.39, 0.29) is 5.91 Å². The highest BCUT2D eigenvalue weighted by Gasteiger charge is 2.12. The number of rotatable bonds is 7. The van der Waals surface area contributed by atoms with Gasteiger partial charge < -0.3 is 15.4 Å². The van der Waals surface area contributed by atoms with Gasteiger partial charge in [0.1, 0.15) is 0 Å². The second-order valence-corrected chi connectivity index (χ2v) is 5.78. The van der Waals surface area contributed by atoms with Gasteiger partial charge in [0, 0.05) is 13.7 Å². The van der Waals surface area contributed by atoms with Gasteiger partial charge in [0.25, 0.3) is 0 Å². The van der Waals surface area contributed by atoms with Crippen LogP contribution < -0.4 is 10.6 Å². The monoisotopic (exact) mass is 290 g/mol.